The second-order valence-corrected chi connectivity index (χ2v) is 7.66. The molecule has 1 aromatic carbocycles. The molecule has 23 heavy (non-hydrogen) atoms. The maximum absolute atomic E-state index is 6.29. The van der Waals surface area contributed by atoms with Crippen molar-refractivity contribution in [2.45, 2.75) is 42.4 Å². The molecule has 2 atom stereocenters. The molecule has 0 saturated heterocycles. The highest BCUT2D eigenvalue weighted by Gasteiger charge is 2.29. The molecule has 118 valence electrons. The topological polar surface area (TPSA) is 56.2 Å². The summed E-state index contributed by atoms with van der Waals surface area (Å²) in [5, 5.41) is 8.96. The average molecular weight is 324 g/mol. The summed E-state index contributed by atoms with van der Waals surface area (Å²) in [5.41, 5.74) is 9.86. The molecule has 0 amide bonds. The summed E-state index contributed by atoms with van der Waals surface area (Å²) in [4.78, 5) is 1.23. The Hall–Kier alpha value is -1.85. The number of benzene rings is 1. The molecule has 0 aliphatic heterocycles. The molecular formula is C18H20N4S. The second kappa shape index (κ2) is 5.65. The van der Waals surface area contributed by atoms with Crippen LogP contribution < -0.4 is 5.73 Å². The van der Waals surface area contributed by atoms with Crippen molar-refractivity contribution in [2.75, 3.05) is 0 Å². The summed E-state index contributed by atoms with van der Waals surface area (Å²) in [6, 6.07) is 12.9. The van der Waals surface area contributed by atoms with Crippen LogP contribution in [0, 0.1) is 0 Å². The van der Waals surface area contributed by atoms with Gasteiger partial charge in [-0.05, 0) is 29.7 Å². The van der Waals surface area contributed by atoms with E-state index in [4.69, 9.17) is 5.73 Å². The van der Waals surface area contributed by atoms with Crippen LogP contribution in [-0.4, -0.2) is 14.6 Å². The second-order valence-electron chi connectivity index (χ2n) is 6.38. The molecule has 4 nitrogen and oxygen atoms in total. The van der Waals surface area contributed by atoms with E-state index in [1.54, 1.807) is 0 Å². The zero-order valence-corrected chi connectivity index (χ0v) is 14.1. The highest BCUT2D eigenvalue weighted by molar-refractivity contribution is 7.99. The van der Waals surface area contributed by atoms with Crippen molar-refractivity contribution in [1.82, 2.24) is 14.6 Å². The van der Waals surface area contributed by atoms with Gasteiger partial charge in [0.05, 0.1) is 0 Å². The lowest BCUT2D eigenvalue weighted by atomic mass is 10.1. The number of thioether (sulfide) groups is 1. The lowest BCUT2D eigenvalue weighted by molar-refractivity contribution is 0.705. The fraction of sp³-hybridized carbons (Fsp3) is 0.333. The molecule has 0 unspecified atom stereocenters. The number of nitrogens with zero attached hydrogens (tertiary/aromatic N) is 3. The molecule has 0 spiro atoms. The summed E-state index contributed by atoms with van der Waals surface area (Å²) in [6.45, 7) is 4.28. The number of nitrogens with two attached hydrogens (primary N) is 1. The monoisotopic (exact) mass is 324 g/mol. The number of hydrogen-bond acceptors (Lipinski definition) is 4. The Morgan fingerprint density at radius 3 is 2.70 bits per heavy atom. The van der Waals surface area contributed by atoms with Crippen molar-refractivity contribution in [3.05, 3.63) is 59.5 Å². The van der Waals surface area contributed by atoms with Crippen LogP contribution in [0.3, 0.4) is 0 Å². The lowest BCUT2D eigenvalue weighted by Crippen LogP contribution is -2.05. The van der Waals surface area contributed by atoms with Crippen LogP contribution in [0.15, 0.2) is 47.5 Å². The van der Waals surface area contributed by atoms with Gasteiger partial charge in [-0.25, -0.2) is 0 Å². The number of fused-ring (bicyclic) bond motifs is 2. The number of hydrogen-bond donors (Lipinski definition) is 1. The molecule has 3 aromatic rings. The van der Waals surface area contributed by atoms with Gasteiger partial charge in [-0.15, -0.1) is 22.0 Å². The van der Waals surface area contributed by atoms with Crippen molar-refractivity contribution < 1.29 is 0 Å². The first-order valence-corrected chi connectivity index (χ1v) is 8.87. The molecule has 2 aromatic heterocycles. The van der Waals surface area contributed by atoms with E-state index in [0.29, 0.717) is 11.2 Å². The maximum Gasteiger partial charge on any atom is 0.160 e. The third-order valence-electron chi connectivity index (χ3n) is 4.41. The van der Waals surface area contributed by atoms with Crippen LogP contribution in [0.5, 0.6) is 0 Å². The minimum Gasteiger partial charge on any atom is -0.324 e. The van der Waals surface area contributed by atoms with Gasteiger partial charge < -0.3 is 5.73 Å². The maximum atomic E-state index is 6.29. The van der Waals surface area contributed by atoms with E-state index in [9.17, 15) is 0 Å². The van der Waals surface area contributed by atoms with E-state index in [1.165, 1.54) is 16.0 Å². The summed E-state index contributed by atoms with van der Waals surface area (Å²) in [7, 11) is 0. The van der Waals surface area contributed by atoms with Crippen molar-refractivity contribution in [3.8, 4) is 0 Å². The molecule has 5 heteroatoms. The SMILES string of the molecule is CC(C)c1nnc2ccc(S[C@@H]3C[C@@H](N)c4ccccc43)cn12. The van der Waals surface area contributed by atoms with Crippen molar-refractivity contribution >= 4 is 17.4 Å². The van der Waals surface area contributed by atoms with Crippen LogP contribution in [0.1, 0.15) is 54.4 Å². The minimum atomic E-state index is 0.147. The highest BCUT2D eigenvalue weighted by atomic mass is 32.2. The van der Waals surface area contributed by atoms with E-state index in [0.717, 1.165) is 17.9 Å². The molecule has 2 N–H and O–H groups in total. The third-order valence-corrected chi connectivity index (χ3v) is 5.65. The Labute approximate surface area is 140 Å². The van der Waals surface area contributed by atoms with Gasteiger partial charge in [-0.1, -0.05) is 38.1 Å². The van der Waals surface area contributed by atoms with Gasteiger partial charge in [0.1, 0.15) is 5.82 Å². The van der Waals surface area contributed by atoms with Crippen LogP contribution in [-0.2, 0) is 0 Å². The number of rotatable bonds is 3. The molecule has 0 saturated carbocycles. The summed E-state index contributed by atoms with van der Waals surface area (Å²) >= 11 is 1.88. The predicted molar refractivity (Wildman–Crippen MR) is 93.7 cm³/mol. The zero-order valence-electron chi connectivity index (χ0n) is 13.3. The van der Waals surface area contributed by atoms with E-state index >= 15 is 0 Å². The summed E-state index contributed by atoms with van der Waals surface area (Å²) in [6.07, 6.45) is 3.14. The summed E-state index contributed by atoms with van der Waals surface area (Å²) < 4.78 is 2.10. The van der Waals surface area contributed by atoms with E-state index in [2.05, 4.69) is 65.0 Å². The Kier molecular flexibility index (Phi) is 3.62. The summed E-state index contributed by atoms with van der Waals surface area (Å²) in [5.74, 6) is 1.36. The lowest BCUT2D eigenvalue weighted by Gasteiger charge is -2.12. The first kappa shape index (κ1) is 14.7. The predicted octanol–water partition coefficient (Wildman–Crippen LogP) is 4.09. The Bertz CT molecular complexity index is 855. The van der Waals surface area contributed by atoms with Crippen molar-refractivity contribution in [2.24, 2.45) is 5.73 Å². The molecule has 1 aliphatic rings. The molecular weight excluding hydrogens is 304 g/mol. The van der Waals surface area contributed by atoms with Gasteiger partial charge in [-0.3, -0.25) is 4.40 Å². The van der Waals surface area contributed by atoms with Gasteiger partial charge in [0, 0.05) is 28.3 Å². The van der Waals surface area contributed by atoms with Crippen LogP contribution in [0.4, 0.5) is 0 Å². The van der Waals surface area contributed by atoms with Gasteiger partial charge >= 0.3 is 0 Å². The molecule has 0 bridgehead atoms. The molecule has 1 aliphatic carbocycles. The van der Waals surface area contributed by atoms with E-state index in [-0.39, 0.29) is 6.04 Å². The normalized spacial score (nSPS) is 20.3. The van der Waals surface area contributed by atoms with Gasteiger partial charge in [0.15, 0.2) is 5.65 Å². The molecule has 2 heterocycles. The van der Waals surface area contributed by atoms with Crippen LogP contribution in [0.25, 0.3) is 5.65 Å². The quantitative estimate of drug-likeness (QED) is 0.788. The van der Waals surface area contributed by atoms with Crippen LogP contribution >= 0.6 is 11.8 Å². The van der Waals surface area contributed by atoms with Crippen molar-refractivity contribution in [1.29, 1.82) is 0 Å². The number of pyridine rings is 1. The van der Waals surface area contributed by atoms with Gasteiger partial charge in [0.25, 0.3) is 0 Å². The smallest absolute Gasteiger partial charge is 0.160 e. The third kappa shape index (κ3) is 2.54. The van der Waals surface area contributed by atoms with Gasteiger partial charge in [0.2, 0.25) is 0 Å². The minimum absolute atomic E-state index is 0.147. The molecule has 0 fully saturated rings. The number of aromatic nitrogens is 3. The zero-order chi connectivity index (χ0) is 16.0. The fourth-order valence-corrected chi connectivity index (χ4v) is 4.54. The molecule has 0 radical (unpaired) electrons. The Balaban J connectivity index is 1.67. The van der Waals surface area contributed by atoms with E-state index < -0.39 is 0 Å². The largest absolute Gasteiger partial charge is 0.324 e. The standard InChI is InChI=1S/C18H20N4S/c1-11(2)18-21-20-17-8-7-12(10-22(17)18)23-16-9-15(19)13-5-3-4-6-14(13)16/h3-8,10-11,15-16H,9,19H2,1-2H3/t15-,16-/m1/s1. The first-order valence-electron chi connectivity index (χ1n) is 7.99. The highest BCUT2D eigenvalue weighted by Crippen LogP contribution is 2.48. The van der Waals surface area contributed by atoms with Gasteiger partial charge in [-0.2, -0.15) is 0 Å². The average Bonchev–Trinajstić information content (AvgIpc) is 3.10. The van der Waals surface area contributed by atoms with Crippen LogP contribution in [0.2, 0.25) is 0 Å². The fourth-order valence-electron chi connectivity index (χ4n) is 3.25. The molecule has 4 rings (SSSR count). The van der Waals surface area contributed by atoms with E-state index in [1.807, 2.05) is 17.8 Å². The Morgan fingerprint density at radius 1 is 1.13 bits per heavy atom. The van der Waals surface area contributed by atoms with Crippen molar-refractivity contribution in [3.63, 3.8) is 0 Å². The first-order chi connectivity index (χ1) is 11.1. The Morgan fingerprint density at radius 2 is 1.91 bits per heavy atom.